The number of imidazole rings is 1. The minimum absolute atomic E-state index is 0.416. The zero-order valence-electron chi connectivity index (χ0n) is 15.3. The minimum Gasteiger partial charge on any atom is -0.357 e. The van der Waals surface area contributed by atoms with Crippen molar-refractivity contribution in [3.63, 3.8) is 0 Å². The van der Waals surface area contributed by atoms with Gasteiger partial charge < -0.3 is 19.4 Å². The van der Waals surface area contributed by atoms with Crippen LogP contribution in [0.4, 0.5) is 0 Å². The van der Waals surface area contributed by atoms with Gasteiger partial charge in [-0.2, -0.15) is 0 Å². The molecule has 2 aromatic heterocycles. The van der Waals surface area contributed by atoms with Crippen LogP contribution in [-0.2, 0) is 13.1 Å². The van der Waals surface area contributed by atoms with Crippen LogP contribution in [0.3, 0.4) is 0 Å². The second kappa shape index (κ2) is 8.13. The van der Waals surface area contributed by atoms with Crippen LogP contribution in [0.5, 0.6) is 0 Å². The first-order valence-electron chi connectivity index (χ1n) is 9.10. The number of aryl methyl sites for hydroxylation is 1. The summed E-state index contributed by atoms with van der Waals surface area (Å²) in [6.45, 7) is 10.7. The molecule has 1 N–H and O–H groups in total. The zero-order valence-corrected chi connectivity index (χ0v) is 15.3. The number of nitrogens with one attached hydrogen (secondary N) is 1. The van der Waals surface area contributed by atoms with Crippen LogP contribution in [0.2, 0.25) is 0 Å². The fraction of sp³-hybridized carbons (Fsp3) is 0.647. The van der Waals surface area contributed by atoms with Crippen LogP contribution in [-0.4, -0.2) is 54.8 Å². The molecule has 3 heterocycles. The fourth-order valence-corrected chi connectivity index (χ4v) is 3.33. The third kappa shape index (κ3) is 4.00. The number of guanidine groups is 1. The maximum atomic E-state index is 4.81. The Morgan fingerprint density at radius 3 is 2.96 bits per heavy atom. The summed E-state index contributed by atoms with van der Waals surface area (Å²) in [5.41, 5.74) is 0. The van der Waals surface area contributed by atoms with Crippen molar-refractivity contribution in [1.29, 1.82) is 0 Å². The molecule has 136 valence electrons. The molecule has 0 aromatic carbocycles. The Hall–Kier alpha value is -2.38. The van der Waals surface area contributed by atoms with E-state index in [2.05, 4.69) is 56.9 Å². The van der Waals surface area contributed by atoms with Gasteiger partial charge in [-0.25, -0.2) is 9.98 Å². The molecule has 8 heteroatoms. The Balaban J connectivity index is 1.74. The van der Waals surface area contributed by atoms with Gasteiger partial charge in [-0.3, -0.25) is 0 Å². The highest BCUT2D eigenvalue weighted by Crippen LogP contribution is 2.27. The van der Waals surface area contributed by atoms with Gasteiger partial charge in [0.15, 0.2) is 11.8 Å². The van der Waals surface area contributed by atoms with Crippen LogP contribution in [0.1, 0.15) is 39.1 Å². The monoisotopic (exact) mass is 344 g/mol. The van der Waals surface area contributed by atoms with Gasteiger partial charge in [-0.05, 0) is 26.2 Å². The normalized spacial score (nSPS) is 21.6. The summed E-state index contributed by atoms with van der Waals surface area (Å²) in [5.74, 6) is 2.47. The number of aliphatic imine (C=N–C) groups is 1. The summed E-state index contributed by atoms with van der Waals surface area (Å²) in [4.78, 5) is 11.4. The number of hydrogen-bond acceptors (Lipinski definition) is 4. The summed E-state index contributed by atoms with van der Waals surface area (Å²) in [6.07, 6.45) is 8.72. The van der Waals surface area contributed by atoms with E-state index in [9.17, 15) is 0 Å². The summed E-state index contributed by atoms with van der Waals surface area (Å²) in [6, 6.07) is 0.416. The average Bonchev–Trinajstić information content (AvgIpc) is 3.30. The van der Waals surface area contributed by atoms with E-state index in [-0.39, 0.29) is 0 Å². The smallest absolute Gasteiger partial charge is 0.194 e. The quantitative estimate of drug-likeness (QED) is 0.658. The molecule has 1 saturated heterocycles. The molecule has 3 rings (SSSR count). The molecule has 0 bridgehead atoms. The van der Waals surface area contributed by atoms with E-state index in [0.717, 1.165) is 44.4 Å². The molecule has 0 radical (unpaired) electrons. The van der Waals surface area contributed by atoms with Gasteiger partial charge in [-0.15, -0.1) is 10.2 Å². The van der Waals surface area contributed by atoms with Gasteiger partial charge in [0.25, 0.3) is 0 Å². The van der Waals surface area contributed by atoms with Crippen LogP contribution in [0.15, 0.2) is 30.0 Å². The predicted octanol–water partition coefficient (Wildman–Crippen LogP) is 1.54. The molecule has 0 saturated carbocycles. The van der Waals surface area contributed by atoms with E-state index < -0.39 is 0 Å². The highest BCUT2D eigenvalue weighted by atomic mass is 15.3. The van der Waals surface area contributed by atoms with Crippen molar-refractivity contribution in [1.82, 2.24) is 34.5 Å². The number of likely N-dealkylation sites (tertiary alicyclic amines) is 1. The summed E-state index contributed by atoms with van der Waals surface area (Å²) < 4.78 is 4.24. The van der Waals surface area contributed by atoms with Gasteiger partial charge in [0, 0.05) is 38.6 Å². The standard InChI is InChI=1S/C17H28N8/c1-4-19-17(20-10-16-22-21-13-23(16)5-2)24-8-6-14(3)15(11-24)25-9-7-18-12-25/h7,9,12-15H,4-6,8,10-11H2,1-3H3,(H,19,20). The molecule has 8 nitrogen and oxygen atoms in total. The lowest BCUT2D eigenvalue weighted by molar-refractivity contribution is 0.189. The van der Waals surface area contributed by atoms with Gasteiger partial charge in [-0.1, -0.05) is 6.92 Å². The number of aromatic nitrogens is 5. The van der Waals surface area contributed by atoms with Crippen molar-refractivity contribution in [3.8, 4) is 0 Å². The SMILES string of the molecule is CCNC(=NCc1nncn1CC)N1CCC(C)C(n2ccnc2)C1. The minimum atomic E-state index is 0.416. The maximum Gasteiger partial charge on any atom is 0.194 e. The lowest BCUT2D eigenvalue weighted by Gasteiger charge is -2.39. The number of nitrogens with zero attached hydrogens (tertiary/aromatic N) is 7. The van der Waals surface area contributed by atoms with E-state index in [4.69, 9.17) is 4.99 Å². The molecule has 2 atom stereocenters. The highest BCUT2D eigenvalue weighted by Gasteiger charge is 2.28. The first kappa shape index (κ1) is 17.4. The second-order valence-corrected chi connectivity index (χ2v) is 6.49. The molecule has 1 aliphatic heterocycles. The Morgan fingerprint density at radius 1 is 1.36 bits per heavy atom. The molecular formula is C17H28N8. The Labute approximate surface area is 149 Å². The van der Waals surface area contributed by atoms with Crippen molar-refractivity contribution < 1.29 is 0 Å². The molecule has 0 spiro atoms. The molecule has 1 fully saturated rings. The van der Waals surface area contributed by atoms with Gasteiger partial charge in [0.2, 0.25) is 0 Å². The van der Waals surface area contributed by atoms with E-state index in [1.165, 1.54) is 0 Å². The van der Waals surface area contributed by atoms with Crippen LogP contribution in [0.25, 0.3) is 0 Å². The van der Waals surface area contributed by atoms with E-state index >= 15 is 0 Å². The molecule has 2 aromatic rings. The predicted molar refractivity (Wildman–Crippen MR) is 97.1 cm³/mol. The van der Waals surface area contributed by atoms with Gasteiger partial charge in [0.05, 0.1) is 12.4 Å². The van der Waals surface area contributed by atoms with E-state index in [1.54, 1.807) is 6.33 Å². The maximum absolute atomic E-state index is 4.81. The molecular weight excluding hydrogens is 316 g/mol. The highest BCUT2D eigenvalue weighted by molar-refractivity contribution is 5.80. The fourth-order valence-electron chi connectivity index (χ4n) is 3.33. The van der Waals surface area contributed by atoms with Crippen molar-refractivity contribution in [2.45, 2.75) is 46.3 Å². The van der Waals surface area contributed by atoms with Gasteiger partial charge in [0.1, 0.15) is 12.9 Å². The number of hydrogen-bond donors (Lipinski definition) is 1. The van der Waals surface area contributed by atoms with Crippen LogP contribution < -0.4 is 5.32 Å². The van der Waals surface area contributed by atoms with E-state index in [1.807, 2.05) is 17.1 Å². The molecule has 0 amide bonds. The first-order chi connectivity index (χ1) is 12.2. The molecule has 0 aliphatic carbocycles. The van der Waals surface area contributed by atoms with Crippen molar-refractivity contribution in [2.24, 2.45) is 10.9 Å². The zero-order chi connectivity index (χ0) is 17.6. The molecule has 25 heavy (non-hydrogen) atoms. The largest absolute Gasteiger partial charge is 0.357 e. The summed E-state index contributed by atoms with van der Waals surface area (Å²) in [7, 11) is 0. The van der Waals surface area contributed by atoms with Crippen molar-refractivity contribution >= 4 is 5.96 Å². The number of rotatable bonds is 5. The van der Waals surface area contributed by atoms with Crippen molar-refractivity contribution in [3.05, 3.63) is 30.9 Å². The number of piperidine rings is 1. The third-order valence-electron chi connectivity index (χ3n) is 4.87. The lowest BCUT2D eigenvalue weighted by Crippen LogP contribution is -2.49. The topological polar surface area (TPSA) is 76.2 Å². The van der Waals surface area contributed by atoms with E-state index in [0.29, 0.717) is 18.5 Å². The summed E-state index contributed by atoms with van der Waals surface area (Å²) >= 11 is 0. The van der Waals surface area contributed by atoms with Gasteiger partial charge >= 0.3 is 0 Å². The molecule has 2 unspecified atom stereocenters. The Kier molecular flexibility index (Phi) is 5.67. The van der Waals surface area contributed by atoms with Crippen LogP contribution >= 0.6 is 0 Å². The lowest BCUT2D eigenvalue weighted by atomic mass is 9.93. The Bertz CT molecular complexity index is 675. The second-order valence-electron chi connectivity index (χ2n) is 6.49. The van der Waals surface area contributed by atoms with Crippen molar-refractivity contribution in [2.75, 3.05) is 19.6 Å². The Morgan fingerprint density at radius 2 is 2.24 bits per heavy atom. The van der Waals surface area contributed by atoms with Crippen LogP contribution in [0, 0.1) is 5.92 Å². The third-order valence-corrected chi connectivity index (χ3v) is 4.87. The molecule has 1 aliphatic rings. The summed E-state index contributed by atoms with van der Waals surface area (Å²) in [5, 5.41) is 11.6. The average molecular weight is 344 g/mol. The first-order valence-corrected chi connectivity index (χ1v) is 9.10.